The number of thioether (sulfide) groups is 1. The van der Waals surface area contributed by atoms with E-state index in [1.54, 1.807) is 6.92 Å². The smallest absolute Gasteiger partial charge is 0.319 e. The van der Waals surface area contributed by atoms with E-state index in [1.165, 1.54) is 24.8 Å². The minimum Gasteiger partial charge on any atom is -0.452 e. The van der Waals surface area contributed by atoms with Crippen LogP contribution in [-0.4, -0.2) is 23.2 Å². The van der Waals surface area contributed by atoms with Gasteiger partial charge in [0.05, 0.1) is 0 Å². The van der Waals surface area contributed by atoms with Gasteiger partial charge in [-0.05, 0) is 38.1 Å². The first-order valence-corrected chi connectivity index (χ1v) is 8.43. The van der Waals surface area contributed by atoms with Crippen LogP contribution in [0.1, 0.15) is 13.8 Å². The van der Waals surface area contributed by atoms with Crippen molar-refractivity contribution in [2.24, 2.45) is 0 Å². The molecule has 0 saturated heterocycles. The van der Waals surface area contributed by atoms with Crippen LogP contribution in [0.15, 0.2) is 53.4 Å². The highest BCUT2D eigenvalue weighted by molar-refractivity contribution is 8.00. The number of nitrogens with one attached hydrogen (secondary N) is 1. The first kappa shape index (κ1) is 18.9. The maximum absolute atomic E-state index is 13.5. The van der Waals surface area contributed by atoms with Crippen molar-refractivity contribution in [2.45, 2.75) is 30.1 Å². The number of anilines is 1. The fourth-order valence-electron chi connectivity index (χ4n) is 1.92. The second-order valence-electron chi connectivity index (χ2n) is 5.24. The van der Waals surface area contributed by atoms with Gasteiger partial charge in [-0.25, -0.2) is 8.78 Å². The van der Waals surface area contributed by atoms with Crippen LogP contribution >= 0.6 is 11.8 Å². The summed E-state index contributed by atoms with van der Waals surface area (Å²) in [5.74, 6) is -3.21. The summed E-state index contributed by atoms with van der Waals surface area (Å²) in [6.45, 7) is 2.99. The van der Waals surface area contributed by atoms with Crippen LogP contribution in [-0.2, 0) is 14.3 Å². The number of rotatable bonds is 6. The lowest BCUT2D eigenvalue weighted by Gasteiger charge is -2.17. The number of hydrogen-bond donors (Lipinski definition) is 1. The van der Waals surface area contributed by atoms with Crippen molar-refractivity contribution in [1.82, 2.24) is 0 Å². The molecule has 0 radical (unpaired) electrons. The van der Waals surface area contributed by atoms with Crippen LogP contribution < -0.4 is 5.32 Å². The van der Waals surface area contributed by atoms with E-state index in [0.29, 0.717) is 0 Å². The molecule has 7 heteroatoms. The Hall–Kier alpha value is -2.41. The number of hydrogen-bond acceptors (Lipinski definition) is 4. The van der Waals surface area contributed by atoms with E-state index < -0.39 is 40.6 Å². The topological polar surface area (TPSA) is 55.4 Å². The van der Waals surface area contributed by atoms with Gasteiger partial charge >= 0.3 is 5.97 Å². The molecule has 25 heavy (non-hydrogen) atoms. The third-order valence-electron chi connectivity index (χ3n) is 3.26. The zero-order chi connectivity index (χ0) is 18.4. The van der Waals surface area contributed by atoms with E-state index in [0.717, 1.165) is 17.0 Å². The normalized spacial score (nSPS) is 13.0. The molecule has 1 N–H and O–H groups in total. The van der Waals surface area contributed by atoms with Gasteiger partial charge in [0.1, 0.15) is 22.6 Å². The zero-order valence-corrected chi connectivity index (χ0v) is 14.5. The van der Waals surface area contributed by atoms with Gasteiger partial charge in [-0.2, -0.15) is 0 Å². The first-order chi connectivity index (χ1) is 11.9. The summed E-state index contributed by atoms with van der Waals surface area (Å²) in [5.41, 5.74) is -0.567. The standard InChI is InChI=1S/C18H17F2NO3S/c1-11(17(22)21-16-14(19)9-6-10-15(16)20)24-18(23)12(2)25-13-7-4-3-5-8-13/h3-12H,1-2H3,(H,21,22)/t11-,12-/m0/s1. The first-order valence-electron chi connectivity index (χ1n) is 7.55. The fourth-order valence-corrected chi connectivity index (χ4v) is 2.79. The molecule has 4 nitrogen and oxygen atoms in total. The number of amides is 1. The Bertz CT molecular complexity index is 735. The van der Waals surface area contributed by atoms with Crippen LogP contribution in [0.5, 0.6) is 0 Å². The minimum absolute atomic E-state index is 0.539. The fraction of sp³-hybridized carbons (Fsp3) is 0.222. The van der Waals surface area contributed by atoms with Gasteiger partial charge in [0, 0.05) is 4.90 Å². The summed E-state index contributed by atoms with van der Waals surface area (Å²) in [5, 5.41) is 1.56. The Labute approximate surface area is 148 Å². The number of benzene rings is 2. The predicted molar refractivity (Wildman–Crippen MR) is 92.3 cm³/mol. The van der Waals surface area contributed by atoms with Crippen LogP contribution in [0.25, 0.3) is 0 Å². The van der Waals surface area contributed by atoms with E-state index in [4.69, 9.17) is 4.74 Å². The third kappa shape index (κ3) is 5.29. The summed E-state index contributed by atoms with van der Waals surface area (Å²) in [7, 11) is 0. The maximum atomic E-state index is 13.5. The molecule has 132 valence electrons. The lowest BCUT2D eigenvalue weighted by molar-refractivity contribution is -0.152. The van der Waals surface area contributed by atoms with Crippen molar-refractivity contribution in [3.05, 3.63) is 60.2 Å². The molecule has 0 unspecified atom stereocenters. The molecule has 1 amide bonds. The number of esters is 1. The van der Waals surface area contributed by atoms with Gasteiger partial charge in [0.25, 0.3) is 5.91 Å². The average molecular weight is 365 g/mol. The number of carbonyl (C=O) groups excluding carboxylic acids is 2. The van der Waals surface area contributed by atoms with E-state index in [-0.39, 0.29) is 0 Å². The number of ether oxygens (including phenoxy) is 1. The molecule has 0 bridgehead atoms. The molecule has 0 fully saturated rings. The Kier molecular flexibility index (Phi) is 6.52. The number of carbonyl (C=O) groups is 2. The molecular weight excluding hydrogens is 348 g/mol. The quantitative estimate of drug-likeness (QED) is 0.621. The van der Waals surface area contributed by atoms with Gasteiger partial charge in [0.2, 0.25) is 0 Å². The highest BCUT2D eigenvalue weighted by Gasteiger charge is 2.24. The van der Waals surface area contributed by atoms with Crippen LogP contribution in [0.3, 0.4) is 0 Å². The second-order valence-corrected chi connectivity index (χ2v) is 6.65. The van der Waals surface area contributed by atoms with E-state index in [1.807, 2.05) is 30.3 Å². The monoisotopic (exact) mass is 365 g/mol. The lowest BCUT2D eigenvalue weighted by atomic mass is 10.2. The summed E-state index contributed by atoms with van der Waals surface area (Å²) in [4.78, 5) is 25.0. The van der Waals surface area contributed by atoms with Crippen LogP contribution in [0.2, 0.25) is 0 Å². The Balaban J connectivity index is 1.93. The molecule has 2 rings (SSSR count). The van der Waals surface area contributed by atoms with Gasteiger partial charge in [0.15, 0.2) is 6.10 Å². The highest BCUT2D eigenvalue weighted by Crippen LogP contribution is 2.24. The Morgan fingerprint density at radius 2 is 1.60 bits per heavy atom. The molecule has 0 aliphatic carbocycles. The van der Waals surface area contributed by atoms with Gasteiger partial charge in [-0.15, -0.1) is 11.8 Å². The summed E-state index contributed by atoms with van der Waals surface area (Å²) in [6.07, 6.45) is -1.19. The molecule has 0 heterocycles. The van der Waals surface area contributed by atoms with Crippen molar-refractivity contribution >= 4 is 29.3 Å². The molecule has 0 aliphatic heterocycles. The molecular formula is C18H17F2NO3S. The summed E-state index contributed by atoms with van der Waals surface area (Å²) in [6, 6.07) is 12.5. The zero-order valence-electron chi connectivity index (χ0n) is 13.7. The van der Waals surface area contributed by atoms with Gasteiger partial charge in [-0.1, -0.05) is 24.3 Å². The van der Waals surface area contributed by atoms with Crippen molar-refractivity contribution in [3.63, 3.8) is 0 Å². The van der Waals surface area contributed by atoms with E-state index >= 15 is 0 Å². The largest absolute Gasteiger partial charge is 0.452 e. The average Bonchev–Trinajstić information content (AvgIpc) is 2.58. The van der Waals surface area contributed by atoms with E-state index in [9.17, 15) is 18.4 Å². The summed E-state index contributed by atoms with van der Waals surface area (Å²) < 4.78 is 32.2. The molecule has 0 saturated carbocycles. The molecule has 0 spiro atoms. The maximum Gasteiger partial charge on any atom is 0.319 e. The van der Waals surface area contributed by atoms with Crippen molar-refractivity contribution in [2.75, 3.05) is 5.32 Å². The second kappa shape index (κ2) is 8.62. The van der Waals surface area contributed by atoms with E-state index in [2.05, 4.69) is 5.32 Å². The van der Waals surface area contributed by atoms with Gasteiger partial charge < -0.3 is 10.1 Å². The predicted octanol–water partition coefficient (Wildman–Crippen LogP) is 4.02. The van der Waals surface area contributed by atoms with Crippen molar-refractivity contribution < 1.29 is 23.1 Å². The Morgan fingerprint density at radius 1 is 1.00 bits per heavy atom. The van der Waals surface area contributed by atoms with Crippen molar-refractivity contribution in [3.8, 4) is 0 Å². The SMILES string of the molecule is C[C@H](OC(=O)[C@H](C)Sc1ccccc1)C(=O)Nc1c(F)cccc1F. The van der Waals surface area contributed by atoms with Crippen LogP contribution in [0, 0.1) is 11.6 Å². The molecule has 0 aliphatic rings. The number of para-hydroxylation sites is 1. The molecule has 0 aromatic heterocycles. The van der Waals surface area contributed by atoms with Gasteiger partial charge in [-0.3, -0.25) is 9.59 Å². The highest BCUT2D eigenvalue weighted by atomic mass is 32.2. The summed E-state index contributed by atoms with van der Waals surface area (Å²) >= 11 is 1.29. The molecule has 2 atom stereocenters. The Morgan fingerprint density at radius 3 is 2.20 bits per heavy atom. The third-order valence-corrected chi connectivity index (χ3v) is 4.35. The molecule has 2 aromatic carbocycles. The molecule has 2 aromatic rings. The van der Waals surface area contributed by atoms with Crippen molar-refractivity contribution in [1.29, 1.82) is 0 Å². The minimum atomic E-state index is -1.19. The lowest BCUT2D eigenvalue weighted by Crippen LogP contribution is -2.33. The number of halogens is 2. The van der Waals surface area contributed by atoms with Crippen LogP contribution in [0.4, 0.5) is 14.5 Å².